The largest absolute Gasteiger partial charge is 0.472 e. The van der Waals surface area contributed by atoms with Crippen molar-refractivity contribution in [2.45, 2.75) is 22.9 Å². The van der Waals surface area contributed by atoms with Gasteiger partial charge < -0.3 is 24.2 Å². The van der Waals surface area contributed by atoms with Crippen molar-refractivity contribution in [2.75, 3.05) is 31.6 Å². The lowest BCUT2D eigenvalue weighted by atomic mass is 9.93. The monoisotopic (exact) mass is 593 g/mol. The summed E-state index contributed by atoms with van der Waals surface area (Å²) in [6.07, 6.45) is 0.663. The van der Waals surface area contributed by atoms with Gasteiger partial charge in [-0.3, -0.25) is 19.3 Å². The molecule has 2 N–H and O–H groups in total. The normalized spacial score (nSPS) is 20.2. The Balaban J connectivity index is 1.59. The second-order valence-electron chi connectivity index (χ2n) is 9.18. The molecule has 15 heteroatoms. The zero-order chi connectivity index (χ0) is 28.2. The van der Waals surface area contributed by atoms with Crippen molar-refractivity contribution in [2.24, 2.45) is 0 Å². The number of hydrogen-bond acceptors (Lipinski definition) is 8. The second kappa shape index (κ2) is 10.3. The summed E-state index contributed by atoms with van der Waals surface area (Å²) in [5.41, 5.74) is 0.465. The minimum absolute atomic E-state index is 0.0830. The van der Waals surface area contributed by atoms with E-state index in [-0.39, 0.29) is 36.8 Å². The highest BCUT2D eigenvalue weighted by Crippen LogP contribution is 2.45. The molecule has 0 unspecified atom stereocenters. The van der Waals surface area contributed by atoms with Crippen molar-refractivity contribution in [1.82, 2.24) is 9.58 Å². The molecule has 1 saturated heterocycles. The lowest BCUT2D eigenvalue weighted by Gasteiger charge is -2.51. The topological polar surface area (TPSA) is 131 Å². The number of phosphoric ester groups is 1. The molecule has 11 nitrogen and oxygen atoms in total. The maximum atomic E-state index is 15.2. The molecular formula is C25H22F2N3O8PS. The Morgan fingerprint density at radius 2 is 1.90 bits per heavy atom. The number of thioether (sulfide) groups is 1. The number of rotatable bonds is 5. The molecule has 4 heterocycles. The number of aromatic nitrogens is 1. The molecule has 0 aliphatic carbocycles. The van der Waals surface area contributed by atoms with Gasteiger partial charge in [-0.25, -0.2) is 17.9 Å². The van der Waals surface area contributed by atoms with Crippen LogP contribution in [0, 0.1) is 11.6 Å². The van der Waals surface area contributed by atoms with E-state index in [0.29, 0.717) is 5.56 Å². The predicted octanol–water partition coefficient (Wildman–Crippen LogP) is 2.72. The van der Waals surface area contributed by atoms with Crippen LogP contribution in [0.3, 0.4) is 0 Å². The van der Waals surface area contributed by atoms with Crippen LogP contribution in [0.15, 0.2) is 58.4 Å². The van der Waals surface area contributed by atoms with Gasteiger partial charge in [0, 0.05) is 35.0 Å². The molecule has 40 heavy (non-hydrogen) atoms. The van der Waals surface area contributed by atoms with Crippen LogP contribution in [-0.2, 0) is 19.6 Å². The van der Waals surface area contributed by atoms with Gasteiger partial charge in [0.2, 0.25) is 18.0 Å². The average molecular weight is 594 g/mol. The summed E-state index contributed by atoms with van der Waals surface area (Å²) in [5.74, 6) is -2.83. The van der Waals surface area contributed by atoms with Crippen molar-refractivity contribution in [3.63, 3.8) is 0 Å². The standard InChI is InChI=1S/C25H22F2N3O8PS/c26-17-6-5-14-16(21(17)27)12-40-19-4-2-1-3-15(19)22(14)30-20-11-36-10-9-28(20)25(32)23-24(18(31)7-8-29(23)30)37-13-38-39(33,34)35/h1-8,20,22H,9-13H2,(H2,33,34,35)/t20-,22+/m1/s1. The van der Waals surface area contributed by atoms with Gasteiger partial charge in [-0.05, 0) is 23.3 Å². The molecule has 210 valence electrons. The van der Waals surface area contributed by atoms with Gasteiger partial charge >= 0.3 is 7.82 Å². The number of ether oxygens (including phenoxy) is 2. The smallest absolute Gasteiger partial charge is 0.460 e. The number of amides is 1. The number of pyridine rings is 1. The number of phosphoric acid groups is 1. The van der Waals surface area contributed by atoms with Crippen LogP contribution >= 0.6 is 19.6 Å². The molecule has 2 atom stereocenters. The van der Waals surface area contributed by atoms with Gasteiger partial charge in [0.15, 0.2) is 17.3 Å². The van der Waals surface area contributed by atoms with Crippen molar-refractivity contribution < 1.29 is 41.9 Å². The number of morpholine rings is 1. The fourth-order valence-corrected chi connectivity index (χ4v) is 6.57. The highest BCUT2D eigenvalue weighted by Gasteiger charge is 2.46. The zero-order valence-electron chi connectivity index (χ0n) is 20.6. The van der Waals surface area contributed by atoms with E-state index in [9.17, 15) is 18.5 Å². The first kappa shape index (κ1) is 26.9. The predicted molar refractivity (Wildman–Crippen MR) is 137 cm³/mol. The van der Waals surface area contributed by atoms with Gasteiger partial charge in [-0.2, -0.15) is 0 Å². The molecule has 0 bridgehead atoms. The molecular weight excluding hydrogens is 571 g/mol. The number of halogens is 2. The van der Waals surface area contributed by atoms with Crippen LogP contribution < -0.4 is 15.2 Å². The minimum atomic E-state index is -4.93. The summed E-state index contributed by atoms with van der Waals surface area (Å²) in [4.78, 5) is 47.0. The van der Waals surface area contributed by atoms with E-state index in [0.717, 1.165) is 22.6 Å². The lowest BCUT2D eigenvalue weighted by Crippen LogP contribution is -2.66. The number of nitrogens with zero attached hydrogens (tertiary/aromatic N) is 3. The van der Waals surface area contributed by atoms with Crippen molar-refractivity contribution in [3.05, 3.63) is 92.9 Å². The fraction of sp³-hybridized carbons (Fsp3) is 0.280. The van der Waals surface area contributed by atoms with Gasteiger partial charge in [-0.15, -0.1) is 11.8 Å². The molecule has 1 amide bonds. The van der Waals surface area contributed by atoms with Crippen LogP contribution in [0.4, 0.5) is 8.78 Å². The molecule has 0 saturated carbocycles. The SMILES string of the molecule is O=C1c2c(OCOP(=O)(O)O)c(=O)ccn2N([C@@H]2c3ccccc3SCc3c2ccc(F)c3F)[C@@H]2COCCN12. The Bertz CT molecular complexity index is 1620. The Labute approximate surface area is 230 Å². The summed E-state index contributed by atoms with van der Waals surface area (Å²) in [6.45, 7) is -0.528. The summed E-state index contributed by atoms with van der Waals surface area (Å²) in [6, 6.07) is 10.3. The third-order valence-electron chi connectivity index (χ3n) is 6.96. The summed E-state index contributed by atoms with van der Waals surface area (Å²) < 4.78 is 57.6. The van der Waals surface area contributed by atoms with E-state index in [1.165, 1.54) is 33.6 Å². The highest BCUT2D eigenvalue weighted by molar-refractivity contribution is 7.98. The highest BCUT2D eigenvalue weighted by atomic mass is 32.2. The second-order valence-corrected chi connectivity index (χ2v) is 11.4. The Morgan fingerprint density at radius 3 is 2.70 bits per heavy atom. The number of benzene rings is 2. The van der Waals surface area contributed by atoms with Crippen molar-refractivity contribution >= 4 is 25.5 Å². The van der Waals surface area contributed by atoms with Crippen LogP contribution in [0.1, 0.15) is 33.2 Å². The number of carbonyl (C=O) groups is 1. The minimum Gasteiger partial charge on any atom is -0.460 e. The molecule has 3 aromatic rings. The van der Waals surface area contributed by atoms with Crippen molar-refractivity contribution in [1.29, 1.82) is 0 Å². The Hall–Kier alpha value is -3.26. The molecule has 0 spiro atoms. The average Bonchev–Trinajstić information content (AvgIpc) is 3.09. The van der Waals surface area contributed by atoms with Crippen LogP contribution in [0.2, 0.25) is 0 Å². The molecule has 3 aliphatic heterocycles. The van der Waals surface area contributed by atoms with Crippen LogP contribution in [0.5, 0.6) is 5.75 Å². The molecule has 1 fully saturated rings. The maximum Gasteiger partial charge on any atom is 0.472 e. The van der Waals surface area contributed by atoms with Gasteiger partial charge in [0.1, 0.15) is 6.17 Å². The molecule has 1 aromatic heterocycles. The fourth-order valence-electron chi connectivity index (χ4n) is 5.26. The molecule has 2 aromatic carbocycles. The third kappa shape index (κ3) is 4.60. The molecule has 0 radical (unpaired) electrons. The maximum absolute atomic E-state index is 15.2. The summed E-state index contributed by atoms with van der Waals surface area (Å²) >= 11 is 1.35. The van der Waals surface area contributed by atoms with E-state index >= 15 is 4.39 Å². The van der Waals surface area contributed by atoms with Gasteiger partial charge in [0.25, 0.3) is 5.91 Å². The first-order chi connectivity index (χ1) is 19.2. The first-order valence-electron chi connectivity index (χ1n) is 12.1. The van der Waals surface area contributed by atoms with E-state index in [2.05, 4.69) is 4.52 Å². The lowest BCUT2D eigenvalue weighted by molar-refractivity contribution is -0.0202. The van der Waals surface area contributed by atoms with Gasteiger partial charge in [-0.1, -0.05) is 24.3 Å². The molecule has 3 aliphatic rings. The van der Waals surface area contributed by atoms with E-state index in [1.807, 2.05) is 24.3 Å². The van der Waals surface area contributed by atoms with Crippen LogP contribution in [0.25, 0.3) is 0 Å². The Kier molecular flexibility index (Phi) is 6.93. The van der Waals surface area contributed by atoms with E-state index < -0.39 is 55.5 Å². The molecule has 6 rings (SSSR count). The van der Waals surface area contributed by atoms with Crippen molar-refractivity contribution in [3.8, 4) is 5.75 Å². The van der Waals surface area contributed by atoms with Gasteiger partial charge in [0.05, 0.1) is 19.3 Å². The van der Waals surface area contributed by atoms with Crippen LogP contribution in [-0.4, -0.2) is 58.0 Å². The summed E-state index contributed by atoms with van der Waals surface area (Å²) in [7, 11) is -4.93. The third-order valence-corrected chi connectivity index (χ3v) is 8.51. The number of fused-ring (bicyclic) bond motifs is 4. The zero-order valence-corrected chi connectivity index (χ0v) is 22.3. The van der Waals surface area contributed by atoms with E-state index in [4.69, 9.17) is 19.3 Å². The summed E-state index contributed by atoms with van der Waals surface area (Å²) in [5, 5.41) is 1.76. The quantitative estimate of drug-likeness (QED) is 0.336. The van der Waals surface area contributed by atoms with E-state index in [1.54, 1.807) is 5.01 Å². The number of hydrogen-bond donors (Lipinski definition) is 2. The number of carbonyl (C=O) groups excluding carboxylic acids is 1. The Morgan fingerprint density at radius 1 is 1.10 bits per heavy atom. The first-order valence-corrected chi connectivity index (χ1v) is 14.6.